The molecule has 0 unspecified atom stereocenters. The van der Waals surface area contributed by atoms with Crippen molar-refractivity contribution in [3.8, 4) is 0 Å². The number of rotatable bonds is 4. The Bertz CT molecular complexity index is 567. The molecular formula is C13H20N2O3S. The van der Waals surface area contributed by atoms with E-state index in [1.54, 1.807) is 39.2 Å². The van der Waals surface area contributed by atoms with Crippen molar-refractivity contribution in [2.24, 2.45) is 0 Å². The van der Waals surface area contributed by atoms with Gasteiger partial charge in [-0.25, -0.2) is 8.42 Å². The van der Waals surface area contributed by atoms with Gasteiger partial charge in [0.15, 0.2) is 0 Å². The van der Waals surface area contributed by atoms with Gasteiger partial charge in [0, 0.05) is 14.1 Å². The van der Waals surface area contributed by atoms with Crippen LogP contribution in [0.25, 0.3) is 0 Å². The van der Waals surface area contributed by atoms with Crippen molar-refractivity contribution in [1.29, 1.82) is 0 Å². The van der Waals surface area contributed by atoms with Gasteiger partial charge in [0.25, 0.3) is 0 Å². The molecule has 5 nitrogen and oxygen atoms in total. The van der Waals surface area contributed by atoms with Crippen LogP contribution in [0.2, 0.25) is 0 Å². The van der Waals surface area contributed by atoms with Crippen LogP contribution in [0.1, 0.15) is 12.5 Å². The van der Waals surface area contributed by atoms with Crippen molar-refractivity contribution in [1.82, 2.24) is 4.90 Å². The number of carbonyl (C=O) groups is 1. The second-order valence-corrected chi connectivity index (χ2v) is 6.67. The summed E-state index contributed by atoms with van der Waals surface area (Å²) in [5.41, 5.74) is 1.45. The molecule has 0 saturated heterocycles. The van der Waals surface area contributed by atoms with Crippen molar-refractivity contribution in [3.63, 3.8) is 0 Å². The topological polar surface area (TPSA) is 57.7 Å². The molecule has 1 aromatic rings. The van der Waals surface area contributed by atoms with Gasteiger partial charge in [-0.1, -0.05) is 12.1 Å². The SMILES string of the molecule is Cc1cccc(N([C@H](C)C(=O)N(C)C)S(C)(=O)=O)c1. The summed E-state index contributed by atoms with van der Waals surface area (Å²) in [4.78, 5) is 13.4. The summed E-state index contributed by atoms with van der Waals surface area (Å²) in [5, 5.41) is 0. The first-order valence-electron chi connectivity index (χ1n) is 5.92. The zero-order valence-corrected chi connectivity index (χ0v) is 12.7. The van der Waals surface area contributed by atoms with Gasteiger partial charge in [0.1, 0.15) is 6.04 Å². The van der Waals surface area contributed by atoms with E-state index in [-0.39, 0.29) is 5.91 Å². The minimum Gasteiger partial charge on any atom is -0.347 e. The summed E-state index contributed by atoms with van der Waals surface area (Å²) in [5.74, 6) is -0.257. The average Bonchev–Trinajstić information content (AvgIpc) is 2.26. The van der Waals surface area contributed by atoms with Crippen LogP contribution >= 0.6 is 0 Å². The third-order valence-corrected chi connectivity index (χ3v) is 4.01. The summed E-state index contributed by atoms with van der Waals surface area (Å²) in [6.45, 7) is 3.47. The molecule has 0 aromatic heterocycles. The molecule has 0 saturated carbocycles. The van der Waals surface area contributed by atoms with Crippen LogP contribution in [-0.4, -0.2) is 45.6 Å². The zero-order valence-electron chi connectivity index (χ0n) is 11.9. The van der Waals surface area contributed by atoms with Gasteiger partial charge >= 0.3 is 0 Å². The van der Waals surface area contributed by atoms with Crippen molar-refractivity contribution in [2.75, 3.05) is 24.7 Å². The Hall–Kier alpha value is -1.56. The van der Waals surface area contributed by atoms with Crippen LogP contribution in [0, 0.1) is 6.92 Å². The number of anilines is 1. The Morgan fingerprint density at radius 1 is 1.26 bits per heavy atom. The van der Waals surface area contributed by atoms with Gasteiger partial charge in [0.05, 0.1) is 11.9 Å². The van der Waals surface area contributed by atoms with Crippen molar-refractivity contribution < 1.29 is 13.2 Å². The van der Waals surface area contributed by atoms with Gasteiger partial charge in [-0.05, 0) is 31.5 Å². The number of sulfonamides is 1. The van der Waals surface area contributed by atoms with E-state index < -0.39 is 16.1 Å². The molecule has 0 N–H and O–H groups in total. The van der Waals surface area contributed by atoms with Gasteiger partial charge in [0.2, 0.25) is 15.9 Å². The quantitative estimate of drug-likeness (QED) is 0.836. The Kier molecular flexibility index (Phi) is 4.57. The summed E-state index contributed by atoms with van der Waals surface area (Å²) in [6.07, 6.45) is 1.11. The van der Waals surface area contributed by atoms with Crippen LogP contribution in [0.4, 0.5) is 5.69 Å². The van der Waals surface area contributed by atoms with Gasteiger partial charge in [-0.3, -0.25) is 9.10 Å². The molecule has 0 aliphatic carbocycles. The smallest absolute Gasteiger partial charge is 0.245 e. The first-order chi connectivity index (χ1) is 8.64. The van der Waals surface area contributed by atoms with E-state index in [9.17, 15) is 13.2 Å². The number of likely N-dealkylation sites (N-methyl/N-ethyl adjacent to an activating group) is 1. The van der Waals surface area contributed by atoms with Crippen molar-refractivity contribution in [3.05, 3.63) is 29.8 Å². The third kappa shape index (κ3) is 3.70. The zero-order chi connectivity index (χ0) is 14.8. The van der Waals surface area contributed by atoms with Crippen molar-refractivity contribution in [2.45, 2.75) is 19.9 Å². The van der Waals surface area contributed by atoms with Gasteiger partial charge in [-0.15, -0.1) is 0 Å². The number of hydrogen-bond acceptors (Lipinski definition) is 3. The normalized spacial score (nSPS) is 12.9. The van der Waals surface area contributed by atoms with E-state index in [0.717, 1.165) is 16.1 Å². The standard InChI is InChI=1S/C13H20N2O3S/c1-10-7-6-8-12(9-10)15(19(5,17)18)11(2)13(16)14(3)4/h6-9,11H,1-5H3/t11-/m1/s1. The van der Waals surface area contributed by atoms with Crippen LogP contribution in [0.3, 0.4) is 0 Å². The number of carbonyl (C=O) groups excluding carboxylic acids is 1. The molecule has 1 atom stereocenters. The molecule has 0 aliphatic heterocycles. The lowest BCUT2D eigenvalue weighted by atomic mass is 10.2. The molecule has 19 heavy (non-hydrogen) atoms. The van der Waals surface area contributed by atoms with Crippen LogP contribution < -0.4 is 4.31 Å². The first-order valence-corrected chi connectivity index (χ1v) is 7.76. The number of nitrogens with zero attached hydrogens (tertiary/aromatic N) is 2. The molecule has 0 fully saturated rings. The van der Waals surface area contributed by atoms with E-state index in [1.165, 1.54) is 4.90 Å². The van der Waals surface area contributed by atoms with Crippen LogP contribution in [-0.2, 0) is 14.8 Å². The highest BCUT2D eigenvalue weighted by Crippen LogP contribution is 2.22. The highest BCUT2D eigenvalue weighted by atomic mass is 32.2. The molecule has 1 aromatic carbocycles. The fraction of sp³-hybridized carbons (Fsp3) is 0.462. The van der Waals surface area contributed by atoms with E-state index in [1.807, 2.05) is 13.0 Å². The number of aryl methyl sites for hydroxylation is 1. The lowest BCUT2D eigenvalue weighted by Crippen LogP contribution is -2.47. The number of amides is 1. The molecule has 0 bridgehead atoms. The molecular weight excluding hydrogens is 264 g/mol. The molecule has 1 amide bonds. The molecule has 0 heterocycles. The summed E-state index contributed by atoms with van der Waals surface area (Å²) in [6, 6.07) is 6.32. The fourth-order valence-corrected chi connectivity index (χ4v) is 3.10. The van der Waals surface area contributed by atoms with Crippen LogP contribution in [0.5, 0.6) is 0 Å². The number of hydrogen-bond donors (Lipinski definition) is 0. The predicted molar refractivity (Wildman–Crippen MR) is 76.7 cm³/mol. The molecule has 0 spiro atoms. The summed E-state index contributed by atoms with van der Waals surface area (Å²) in [7, 11) is -0.313. The lowest BCUT2D eigenvalue weighted by Gasteiger charge is -2.30. The first kappa shape index (κ1) is 15.5. The second-order valence-electron chi connectivity index (χ2n) is 4.81. The molecule has 106 valence electrons. The maximum absolute atomic E-state index is 12.0. The average molecular weight is 284 g/mol. The minimum atomic E-state index is -3.53. The monoisotopic (exact) mass is 284 g/mol. The van der Waals surface area contributed by atoms with Gasteiger partial charge < -0.3 is 4.90 Å². The maximum Gasteiger partial charge on any atom is 0.245 e. The van der Waals surface area contributed by atoms with E-state index in [0.29, 0.717) is 5.69 Å². The highest BCUT2D eigenvalue weighted by Gasteiger charge is 2.29. The van der Waals surface area contributed by atoms with E-state index in [2.05, 4.69) is 0 Å². The molecule has 0 radical (unpaired) electrons. The second kappa shape index (κ2) is 5.61. The Balaban J connectivity index is 3.28. The fourth-order valence-electron chi connectivity index (χ4n) is 1.94. The summed E-state index contributed by atoms with van der Waals surface area (Å²) < 4.78 is 25.1. The van der Waals surface area contributed by atoms with Crippen molar-refractivity contribution >= 4 is 21.6 Å². The largest absolute Gasteiger partial charge is 0.347 e. The summed E-state index contributed by atoms with van der Waals surface area (Å²) >= 11 is 0. The third-order valence-electron chi connectivity index (χ3n) is 2.76. The van der Waals surface area contributed by atoms with E-state index >= 15 is 0 Å². The van der Waals surface area contributed by atoms with Gasteiger partial charge in [-0.2, -0.15) is 0 Å². The Labute approximate surface area is 114 Å². The van der Waals surface area contributed by atoms with E-state index in [4.69, 9.17) is 0 Å². The predicted octanol–water partition coefficient (Wildman–Crippen LogP) is 1.24. The van der Waals surface area contributed by atoms with Crippen LogP contribution in [0.15, 0.2) is 24.3 Å². The highest BCUT2D eigenvalue weighted by molar-refractivity contribution is 7.92. The molecule has 6 heteroatoms. The Morgan fingerprint density at radius 2 is 1.84 bits per heavy atom. The maximum atomic E-state index is 12.0. The number of benzene rings is 1. The molecule has 1 rings (SSSR count). The lowest BCUT2D eigenvalue weighted by molar-refractivity contribution is -0.129. The minimum absolute atomic E-state index is 0.257. The Morgan fingerprint density at radius 3 is 2.26 bits per heavy atom. The molecule has 0 aliphatic rings.